The molecule has 96 valence electrons. The van der Waals surface area contributed by atoms with E-state index in [1.54, 1.807) is 0 Å². The molecular formula is C14H19BO3. The van der Waals surface area contributed by atoms with Gasteiger partial charge in [0.25, 0.3) is 0 Å². The molecule has 1 aromatic carbocycles. The van der Waals surface area contributed by atoms with Crippen LogP contribution in [0.15, 0.2) is 30.3 Å². The lowest BCUT2D eigenvalue weighted by atomic mass is 9.80. The minimum Gasteiger partial charge on any atom is -0.403 e. The molecule has 0 N–H and O–H groups in total. The molecule has 3 nitrogen and oxygen atoms in total. The normalized spacial score (nSPS) is 21.0. The van der Waals surface area contributed by atoms with Crippen molar-refractivity contribution in [2.75, 3.05) is 0 Å². The van der Waals surface area contributed by atoms with E-state index in [1.165, 1.54) is 0 Å². The average molecular weight is 246 g/mol. The highest BCUT2D eigenvalue weighted by Gasteiger charge is 2.51. The van der Waals surface area contributed by atoms with Gasteiger partial charge in [0.2, 0.25) is 0 Å². The van der Waals surface area contributed by atoms with Crippen LogP contribution in [0.2, 0.25) is 6.32 Å². The van der Waals surface area contributed by atoms with Gasteiger partial charge in [-0.15, -0.1) is 0 Å². The first-order chi connectivity index (χ1) is 8.32. The quantitative estimate of drug-likeness (QED) is 0.607. The predicted octanol–water partition coefficient (Wildman–Crippen LogP) is 2.96. The summed E-state index contributed by atoms with van der Waals surface area (Å²) >= 11 is 0. The van der Waals surface area contributed by atoms with Crippen LogP contribution in [0, 0.1) is 0 Å². The zero-order chi connectivity index (χ0) is 13.4. The van der Waals surface area contributed by atoms with Crippen LogP contribution in [0.3, 0.4) is 0 Å². The van der Waals surface area contributed by atoms with Crippen molar-refractivity contribution >= 4 is 12.9 Å². The minimum absolute atomic E-state index is 0.0501. The molecule has 1 aliphatic rings. The molecule has 1 fully saturated rings. The fraction of sp³-hybridized carbons (Fsp3) is 0.500. The Kier molecular flexibility index (Phi) is 3.34. The summed E-state index contributed by atoms with van der Waals surface area (Å²) in [4.78, 5) is 12.1. The van der Waals surface area contributed by atoms with Gasteiger partial charge in [0.1, 0.15) is 0 Å². The Hall–Kier alpha value is -1.13. The fourth-order valence-corrected chi connectivity index (χ4v) is 1.94. The van der Waals surface area contributed by atoms with E-state index < -0.39 is 7.12 Å². The van der Waals surface area contributed by atoms with Crippen molar-refractivity contribution in [3.63, 3.8) is 0 Å². The summed E-state index contributed by atoms with van der Waals surface area (Å²) in [6.45, 7) is 7.94. The van der Waals surface area contributed by atoms with Crippen LogP contribution in [-0.4, -0.2) is 24.1 Å². The molecule has 18 heavy (non-hydrogen) atoms. The summed E-state index contributed by atoms with van der Waals surface area (Å²) < 4.78 is 11.6. The first-order valence-corrected chi connectivity index (χ1v) is 6.26. The second-order valence-electron chi connectivity index (χ2n) is 5.68. The molecule has 0 radical (unpaired) electrons. The van der Waals surface area contributed by atoms with E-state index in [0.717, 1.165) is 0 Å². The number of hydrogen-bond donors (Lipinski definition) is 0. The third kappa shape index (κ3) is 2.50. The second-order valence-corrected chi connectivity index (χ2v) is 5.68. The average Bonchev–Trinajstić information content (AvgIpc) is 2.48. The maximum atomic E-state index is 12.1. The van der Waals surface area contributed by atoms with E-state index in [9.17, 15) is 4.79 Å². The van der Waals surface area contributed by atoms with Crippen LogP contribution in [0.5, 0.6) is 0 Å². The van der Waals surface area contributed by atoms with E-state index in [4.69, 9.17) is 9.31 Å². The van der Waals surface area contributed by atoms with E-state index >= 15 is 0 Å². The summed E-state index contributed by atoms with van der Waals surface area (Å²) in [5.41, 5.74) is -0.0595. The molecule has 0 bridgehead atoms. The maximum Gasteiger partial charge on any atom is 0.465 e. The summed E-state index contributed by atoms with van der Waals surface area (Å²) in [6, 6.07) is 9.24. The van der Waals surface area contributed by atoms with Crippen LogP contribution in [-0.2, 0) is 9.31 Å². The Balaban J connectivity index is 2.03. The number of ketones is 1. The van der Waals surface area contributed by atoms with E-state index in [-0.39, 0.29) is 23.3 Å². The van der Waals surface area contributed by atoms with Gasteiger partial charge in [-0.05, 0) is 27.7 Å². The Bertz CT molecular complexity index is 424. The van der Waals surface area contributed by atoms with Crippen LogP contribution in [0.25, 0.3) is 0 Å². The van der Waals surface area contributed by atoms with Crippen molar-refractivity contribution in [3.8, 4) is 0 Å². The number of carbonyl (C=O) groups excluding carboxylic acids is 1. The summed E-state index contributed by atoms with van der Waals surface area (Å²) in [7, 11) is -0.456. The van der Waals surface area contributed by atoms with Gasteiger partial charge < -0.3 is 9.31 Å². The zero-order valence-electron chi connectivity index (χ0n) is 11.4. The molecular weight excluding hydrogens is 227 g/mol. The van der Waals surface area contributed by atoms with Crippen LogP contribution in [0.1, 0.15) is 38.1 Å². The van der Waals surface area contributed by atoms with Gasteiger partial charge in [-0.3, -0.25) is 4.79 Å². The lowest BCUT2D eigenvalue weighted by molar-refractivity contribution is 0.00578. The van der Waals surface area contributed by atoms with Crippen molar-refractivity contribution in [3.05, 3.63) is 35.9 Å². The van der Waals surface area contributed by atoms with Crippen LogP contribution in [0.4, 0.5) is 0 Å². The number of benzene rings is 1. The molecule has 0 amide bonds. The van der Waals surface area contributed by atoms with Gasteiger partial charge in [-0.1, -0.05) is 30.3 Å². The highest BCUT2D eigenvalue weighted by Crippen LogP contribution is 2.37. The van der Waals surface area contributed by atoms with Crippen molar-refractivity contribution in [2.24, 2.45) is 0 Å². The third-order valence-corrected chi connectivity index (χ3v) is 3.75. The SMILES string of the molecule is CC1(C)OB(CC(=O)c2ccccc2)OC1(C)C. The van der Waals surface area contributed by atoms with Crippen LogP contribution >= 0.6 is 0 Å². The molecule has 2 rings (SSSR count). The number of hydrogen-bond acceptors (Lipinski definition) is 3. The minimum atomic E-state index is -0.456. The third-order valence-electron chi connectivity index (χ3n) is 3.75. The van der Waals surface area contributed by atoms with E-state index in [2.05, 4.69) is 0 Å². The predicted molar refractivity (Wildman–Crippen MR) is 71.7 cm³/mol. The van der Waals surface area contributed by atoms with Gasteiger partial charge in [0, 0.05) is 11.9 Å². The highest BCUT2D eigenvalue weighted by atomic mass is 16.7. The number of Topliss-reactive ketones (excluding diaryl/α,β-unsaturated/α-hetero) is 1. The van der Waals surface area contributed by atoms with Crippen molar-refractivity contribution in [1.29, 1.82) is 0 Å². The second kappa shape index (κ2) is 4.52. The van der Waals surface area contributed by atoms with Gasteiger partial charge in [0.15, 0.2) is 5.78 Å². The molecule has 0 aliphatic carbocycles. The lowest BCUT2D eigenvalue weighted by Crippen LogP contribution is -2.41. The first kappa shape index (κ1) is 13.3. The molecule has 0 spiro atoms. The van der Waals surface area contributed by atoms with Crippen molar-refractivity contribution in [2.45, 2.75) is 45.2 Å². The number of carbonyl (C=O) groups is 1. The lowest BCUT2D eigenvalue weighted by Gasteiger charge is -2.32. The smallest absolute Gasteiger partial charge is 0.403 e. The molecule has 1 aromatic rings. The summed E-state index contributed by atoms with van der Waals surface area (Å²) in [5, 5.41) is 0. The van der Waals surface area contributed by atoms with Gasteiger partial charge >= 0.3 is 7.12 Å². The highest BCUT2D eigenvalue weighted by molar-refractivity contribution is 6.51. The first-order valence-electron chi connectivity index (χ1n) is 6.26. The van der Waals surface area contributed by atoms with Crippen LogP contribution < -0.4 is 0 Å². The Labute approximate surface area is 109 Å². The Morgan fingerprint density at radius 1 is 1.06 bits per heavy atom. The Morgan fingerprint density at radius 3 is 2.06 bits per heavy atom. The van der Waals surface area contributed by atoms with E-state index in [0.29, 0.717) is 5.56 Å². The monoisotopic (exact) mass is 246 g/mol. The zero-order valence-corrected chi connectivity index (χ0v) is 11.4. The maximum absolute atomic E-state index is 12.1. The molecule has 0 saturated carbocycles. The molecule has 1 aliphatic heterocycles. The summed E-state index contributed by atoms with van der Waals surface area (Å²) in [6.07, 6.45) is 0.261. The summed E-state index contributed by atoms with van der Waals surface area (Å²) in [5.74, 6) is 0.0501. The molecule has 0 aromatic heterocycles. The number of rotatable bonds is 3. The Morgan fingerprint density at radius 2 is 1.56 bits per heavy atom. The van der Waals surface area contributed by atoms with Gasteiger partial charge in [0.05, 0.1) is 11.2 Å². The van der Waals surface area contributed by atoms with Crippen molar-refractivity contribution in [1.82, 2.24) is 0 Å². The largest absolute Gasteiger partial charge is 0.465 e. The topological polar surface area (TPSA) is 35.5 Å². The molecule has 0 unspecified atom stereocenters. The van der Waals surface area contributed by atoms with Gasteiger partial charge in [-0.2, -0.15) is 0 Å². The molecule has 0 atom stereocenters. The van der Waals surface area contributed by atoms with E-state index in [1.807, 2.05) is 58.0 Å². The standard InChI is InChI=1S/C14H19BO3/c1-13(2)14(3,4)18-15(17-13)10-12(16)11-8-6-5-7-9-11/h5-9H,10H2,1-4H3. The van der Waals surface area contributed by atoms with Crippen molar-refractivity contribution < 1.29 is 14.1 Å². The van der Waals surface area contributed by atoms with Gasteiger partial charge in [-0.25, -0.2) is 0 Å². The molecule has 1 heterocycles. The molecule has 4 heteroatoms. The molecule has 1 saturated heterocycles. The fourth-order valence-electron chi connectivity index (χ4n) is 1.94.